The van der Waals surface area contributed by atoms with Gasteiger partial charge < -0.3 is 4.98 Å². The van der Waals surface area contributed by atoms with Gasteiger partial charge in [-0.25, -0.2) is 29.9 Å². The first-order chi connectivity index (χ1) is 22.8. The van der Waals surface area contributed by atoms with Crippen LogP contribution in [0.1, 0.15) is 0 Å². The van der Waals surface area contributed by atoms with E-state index in [2.05, 4.69) is 26.7 Å². The summed E-state index contributed by atoms with van der Waals surface area (Å²) in [5.41, 5.74) is 7.25. The molecule has 4 aromatic heterocycles. The van der Waals surface area contributed by atoms with Crippen LogP contribution in [0.25, 0.3) is 95.4 Å². The van der Waals surface area contributed by atoms with E-state index in [0.29, 0.717) is 45.9 Å². The van der Waals surface area contributed by atoms with Crippen molar-refractivity contribution in [3.8, 4) is 51.2 Å². The SMILES string of the molecule is c1ccc2c(c1)-c1nc-2nc2c3ccccc3c(nc3nc(nc4[nH]c(n1)c1ccccc41)-c1ccccc1-3)n2-c1ccncc1. The number of nitrogens with zero attached hydrogens (tertiary/aromatic N) is 8. The minimum Gasteiger partial charge on any atom is -0.324 e. The molecule has 0 fully saturated rings. The number of pyridine rings is 1. The Morgan fingerprint density at radius 2 is 0.783 bits per heavy atom. The van der Waals surface area contributed by atoms with Gasteiger partial charge in [0.05, 0.1) is 5.69 Å². The number of nitrogens with one attached hydrogen (secondary N) is 1. The van der Waals surface area contributed by atoms with Crippen LogP contribution in [0.3, 0.4) is 0 Å². The minimum absolute atomic E-state index is 0.575. The lowest BCUT2D eigenvalue weighted by Crippen LogP contribution is -1.97. The van der Waals surface area contributed by atoms with Gasteiger partial charge in [0, 0.05) is 56.2 Å². The van der Waals surface area contributed by atoms with Gasteiger partial charge in [-0.15, -0.1) is 0 Å². The molecule has 46 heavy (non-hydrogen) atoms. The maximum atomic E-state index is 5.29. The van der Waals surface area contributed by atoms with Crippen LogP contribution in [0.4, 0.5) is 0 Å². The lowest BCUT2D eigenvalue weighted by molar-refractivity contribution is 1.08. The highest BCUT2D eigenvalue weighted by atomic mass is 15.1. The quantitative estimate of drug-likeness (QED) is 0.208. The van der Waals surface area contributed by atoms with Gasteiger partial charge in [-0.1, -0.05) is 97.1 Å². The molecule has 9 heteroatoms. The zero-order valence-electron chi connectivity index (χ0n) is 24.1. The molecule has 0 saturated carbocycles. The Kier molecular flexibility index (Phi) is 5.09. The molecule has 0 unspecified atom stereocenters. The number of fused-ring (bicyclic) bond motifs is 20. The fourth-order valence-corrected chi connectivity index (χ4v) is 6.43. The van der Waals surface area contributed by atoms with Crippen molar-refractivity contribution in [2.24, 2.45) is 0 Å². The first-order valence-corrected chi connectivity index (χ1v) is 14.9. The summed E-state index contributed by atoms with van der Waals surface area (Å²) in [6.07, 6.45) is 3.55. The molecule has 0 atom stereocenters. The number of hydrogen-bond donors (Lipinski definition) is 1. The number of aromatic amines is 1. The number of benzene rings is 4. The topological polar surface area (TPSA) is 111 Å². The second-order valence-electron chi connectivity index (χ2n) is 11.2. The van der Waals surface area contributed by atoms with E-state index in [1.54, 1.807) is 12.4 Å². The molecule has 2 aliphatic heterocycles. The first-order valence-electron chi connectivity index (χ1n) is 14.9. The van der Waals surface area contributed by atoms with Crippen molar-refractivity contribution in [3.05, 3.63) is 122 Å². The summed E-state index contributed by atoms with van der Waals surface area (Å²) >= 11 is 0. The number of H-pyrrole nitrogens is 1. The molecule has 4 aromatic carbocycles. The van der Waals surface area contributed by atoms with E-state index in [1.165, 1.54) is 0 Å². The molecule has 214 valence electrons. The van der Waals surface area contributed by atoms with Crippen molar-refractivity contribution in [2.45, 2.75) is 0 Å². The van der Waals surface area contributed by atoms with Gasteiger partial charge in [0.15, 0.2) is 23.3 Å². The molecular weight excluding hydrogens is 570 g/mol. The highest BCUT2D eigenvalue weighted by molar-refractivity contribution is 6.07. The van der Waals surface area contributed by atoms with Gasteiger partial charge in [0.2, 0.25) is 0 Å². The van der Waals surface area contributed by atoms with E-state index < -0.39 is 0 Å². The summed E-state index contributed by atoms with van der Waals surface area (Å²) in [7, 11) is 0. The van der Waals surface area contributed by atoms with Gasteiger partial charge in [0.25, 0.3) is 0 Å². The van der Waals surface area contributed by atoms with E-state index in [-0.39, 0.29) is 0 Å². The summed E-state index contributed by atoms with van der Waals surface area (Å²) < 4.78 is 2.06. The average molecular weight is 592 g/mol. The molecule has 1 N–H and O–H groups in total. The average Bonchev–Trinajstić information content (AvgIpc) is 3.83. The summed E-state index contributed by atoms with van der Waals surface area (Å²) in [6.45, 7) is 0. The highest BCUT2D eigenvalue weighted by Gasteiger charge is 2.23. The van der Waals surface area contributed by atoms with Crippen molar-refractivity contribution >= 4 is 44.1 Å². The molecule has 0 saturated heterocycles. The minimum atomic E-state index is 0.575. The van der Waals surface area contributed by atoms with Crippen LogP contribution in [0, 0.1) is 0 Å². The predicted molar refractivity (Wildman–Crippen MR) is 179 cm³/mol. The monoisotopic (exact) mass is 591 g/mol. The van der Waals surface area contributed by atoms with Crippen LogP contribution in [0.2, 0.25) is 0 Å². The number of rotatable bonds is 1. The Morgan fingerprint density at radius 1 is 0.391 bits per heavy atom. The van der Waals surface area contributed by atoms with Crippen LogP contribution in [0.5, 0.6) is 0 Å². The van der Waals surface area contributed by atoms with Crippen LogP contribution in [0.15, 0.2) is 122 Å². The molecule has 0 spiro atoms. The summed E-state index contributed by atoms with van der Waals surface area (Å²) in [5.74, 6) is 2.31. The third kappa shape index (κ3) is 3.59. The molecule has 8 aromatic rings. The van der Waals surface area contributed by atoms with Crippen LogP contribution in [-0.4, -0.2) is 44.4 Å². The Labute approximate surface area is 261 Å². The van der Waals surface area contributed by atoms with E-state index in [4.69, 9.17) is 29.9 Å². The molecule has 8 bridgehead atoms. The van der Waals surface area contributed by atoms with Gasteiger partial charge in [-0.3, -0.25) is 9.55 Å². The Balaban J connectivity index is 1.47. The Hall–Kier alpha value is -6.61. The second-order valence-corrected chi connectivity index (χ2v) is 11.2. The van der Waals surface area contributed by atoms with Crippen molar-refractivity contribution in [1.82, 2.24) is 44.4 Å². The van der Waals surface area contributed by atoms with Gasteiger partial charge in [0.1, 0.15) is 22.6 Å². The first kappa shape index (κ1) is 24.8. The predicted octanol–water partition coefficient (Wildman–Crippen LogP) is 7.73. The molecule has 6 heterocycles. The molecule has 9 nitrogen and oxygen atoms in total. The standard InChI is InChI=1S/C37H21N9/c1-2-10-23-22(9-1)30-39-31(23)41-33-25-12-4-6-14-27(25)35(43-33)45-37-29-16-8-7-15-28(29)36(46(37)21-17-19-38-20-18-21)44-34-26-13-5-3-11-24(26)32(40-30)42-34/h1-20H,(H,39,40,41,42,43,44,45). The molecule has 0 radical (unpaired) electrons. The summed E-state index contributed by atoms with van der Waals surface area (Å²) in [6, 6.07) is 36.3. The molecule has 0 aliphatic carbocycles. The van der Waals surface area contributed by atoms with E-state index in [1.807, 2.05) is 97.1 Å². The van der Waals surface area contributed by atoms with Crippen molar-refractivity contribution in [3.63, 3.8) is 0 Å². The van der Waals surface area contributed by atoms with E-state index >= 15 is 0 Å². The van der Waals surface area contributed by atoms with E-state index in [9.17, 15) is 0 Å². The lowest BCUT2D eigenvalue weighted by Gasteiger charge is -2.05. The van der Waals surface area contributed by atoms with Crippen molar-refractivity contribution in [1.29, 1.82) is 0 Å². The Bertz CT molecular complexity index is 2550. The zero-order valence-corrected chi connectivity index (χ0v) is 24.1. The largest absolute Gasteiger partial charge is 0.324 e. The lowest BCUT2D eigenvalue weighted by atomic mass is 10.1. The van der Waals surface area contributed by atoms with E-state index in [0.717, 1.165) is 49.5 Å². The van der Waals surface area contributed by atoms with Gasteiger partial charge in [-0.05, 0) is 12.1 Å². The van der Waals surface area contributed by atoms with Crippen LogP contribution in [-0.2, 0) is 0 Å². The highest BCUT2D eigenvalue weighted by Crippen LogP contribution is 2.38. The van der Waals surface area contributed by atoms with Crippen molar-refractivity contribution in [2.75, 3.05) is 0 Å². The normalized spacial score (nSPS) is 11.9. The number of aromatic nitrogens is 9. The molecular formula is C37H21N9. The van der Waals surface area contributed by atoms with Crippen molar-refractivity contribution < 1.29 is 0 Å². The fraction of sp³-hybridized carbons (Fsp3) is 0. The van der Waals surface area contributed by atoms with Crippen LogP contribution < -0.4 is 0 Å². The number of hydrogen-bond acceptors (Lipinski definition) is 7. The second kappa shape index (κ2) is 9.44. The summed E-state index contributed by atoms with van der Waals surface area (Å²) in [4.78, 5) is 38.6. The maximum Gasteiger partial charge on any atom is 0.164 e. The fourth-order valence-electron chi connectivity index (χ4n) is 6.43. The molecule has 10 rings (SSSR count). The van der Waals surface area contributed by atoms with Gasteiger partial charge >= 0.3 is 0 Å². The molecule has 2 aliphatic rings. The zero-order chi connectivity index (χ0) is 30.2. The van der Waals surface area contributed by atoms with Crippen LogP contribution >= 0.6 is 0 Å². The Morgan fingerprint density at radius 3 is 1.24 bits per heavy atom. The molecule has 0 amide bonds. The third-order valence-corrected chi connectivity index (χ3v) is 8.53. The van der Waals surface area contributed by atoms with Gasteiger partial charge in [-0.2, -0.15) is 0 Å². The maximum absolute atomic E-state index is 5.29. The smallest absolute Gasteiger partial charge is 0.164 e. The summed E-state index contributed by atoms with van der Waals surface area (Å²) in [5, 5.41) is 3.76. The third-order valence-electron chi connectivity index (χ3n) is 8.53.